The summed E-state index contributed by atoms with van der Waals surface area (Å²) < 4.78 is 5.50. The van der Waals surface area contributed by atoms with Gasteiger partial charge in [-0.15, -0.1) is 11.6 Å². The molecular weight excluding hydrogens is 202 g/mol. The molecule has 1 aliphatic rings. The SMILES string of the molecule is CCOC1CCN(C(=O)[C@H](C)Cl)CC1. The fraction of sp³-hybridized carbons (Fsp3) is 0.900. The van der Waals surface area contributed by atoms with Gasteiger partial charge in [-0.25, -0.2) is 0 Å². The number of piperidine rings is 1. The lowest BCUT2D eigenvalue weighted by Crippen LogP contribution is -2.43. The maximum absolute atomic E-state index is 11.5. The smallest absolute Gasteiger partial charge is 0.240 e. The molecule has 0 bridgehead atoms. The Morgan fingerprint density at radius 2 is 2.14 bits per heavy atom. The Morgan fingerprint density at radius 3 is 2.57 bits per heavy atom. The van der Waals surface area contributed by atoms with E-state index in [0.717, 1.165) is 32.5 Å². The van der Waals surface area contributed by atoms with Crippen molar-refractivity contribution in [1.82, 2.24) is 4.90 Å². The van der Waals surface area contributed by atoms with Crippen molar-refractivity contribution in [3.63, 3.8) is 0 Å². The van der Waals surface area contributed by atoms with Crippen LogP contribution in [0.15, 0.2) is 0 Å². The fourth-order valence-electron chi connectivity index (χ4n) is 1.73. The summed E-state index contributed by atoms with van der Waals surface area (Å²) >= 11 is 5.74. The molecule has 1 amide bonds. The number of carbonyl (C=O) groups is 1. The van der Waals surface area contributed by atoms with E-state index in [0.29, 0.717) is 6.10 Å². The van der Waals surface area contributed by atoms with Gasteiger partial charge in [0.05, 0.1) is 6.10 Å². The average Bonchev–Trinajstić information content (AvgIpc) is 2.18. The number of rotatable bonds is 3. The molecule has 0 aromatic carbocycles. The second-order valence-electron chi connectivity index (χ2n) is 3.60. The van der Waals surface area contributed by atoms with Crippen LogP contribution in [-0.2, 0) is 9.53 Å². The standard InChI is InChI=1S/C10H18ClNO2/c1-3-14-9-4-6-12(7-5-9)10(13)8(2)11/h8-9H,3-7H2,1-2H3/t8-/m0/s1. The summed E-state index contributed by atoms with van der Waals surface area (Å²) in [5, 5.41) is -0.404. The van der Waals surface area contributed by atoms with E-state index in [1.54, 1.807) is 6.92 Å². The average molecular weight is 220 g/mol. The van der Waals surface area contributed by atoms with Crippen molar-refractivity contribution in [2.75, 3.05) is 19.7 Å². The molecule has 1 heterocycles. The third-order valence-electron chi connectivity index (χ3n) is 2.50. The van der Waals surface area contributed by atoms with Crippen LogP contribution in [0.4, 0.5) is 0 Å². The molecule has 1 aliphatic heterocycles. The molecule has 3 nitrogen and oxygen atoms in total. The summed E-state index contributed by atoms with van der Waals surface area (Å²) in [6.45, 7) is 6.03. The van der Waals surface area contributed by atoms with Gasteiger partial charge < -0.3 is 9.64 Å². The van der Waals surface area contributed by atoms with E-state index in [1.165, 1.54) is 0 Å². The molecule has 0 aliphatic carbocycles. The van der Waals surface area contributed by atoms with E-state index in [4.69, 9.17) is 16.3 Å². The molecule has 0 radical (unpaired) electrons. The zero-order chi connectivity index (χ0) is 10.6. The van der Waals surface area contributed by atoms with Crippen LogP contribution in [0.3, 0.4) is 0 Å². The number of carbonyl (C=O) groups excluding carboxylic acids is 1. The van der Waals surface area contributed by atoms with Gasteiger partial charge in [0.25, 0.3) is 0 Å². The van der Waals surface area contributed by atoms with Gasteiger partial charge in [0.15, 0.2) is 0 Å². The molecule has 1 fully saturated rings. The van der Waals surface area contributed by atoms with Crippen molar-refractivity contribution >= 4 is 17.5 Å². The number of alkyl halides is 1. The van der Waals surface area contributed by atoms with Gasteiger partial charge in [0.2, 0.25) is 5.91 Å². The topological polar surface area (TPSA) is 29.5 Å². The van der Waals surface area contributed by atoms with E-state index in [1.807, 2.05) is 11.8 Å². The minimum absolute atomic E-state index is 0.0432. The second kappa shape index (κ2) is 5.56. The number of ether oxygens (including phenoxy) is 1. The Morgan fingerprint density at radius 1 is 1.57 bits per heavy atom. The third kappa shape index (κ3) is 3.14. The van der Waals surface area contributed by atoms with E-state index in [-0.39, 0.29) is 5.91 Å². The fourth-order valence-corrected chi connectivity index (χ4v) is 1.87. The molecule has 1 rings (SSSR count). The molecule has 1 saturated heterocycles. The van der Waals surface area contributed by atoms with E-state index >= 15 is 0 Å². The van der Waals surface area contributed by atoms with Crippen LogP contribution in [0.25, 0.3) is 0 Å². The summed E-state index contributed by atoms with van der Waals surface area (Å²) in [7, 11) is 0. The summed E-state index contributed by atoms with van der Waals surface area (Å²) in [4.78, 5) is 13.3. The first-order valence-corrected chi connectivity index (χ1v) is 5.63. The third-order valence-corrected chi connectivity index (χ3v) is 2.68. The van der Waals surface area contributed by atoms with Crippen LogP contribution < -0.4 is 0 Å². The summed E-state index contributed by atoms with van der Waals surface area (Å²) in [6, 6.07) is 0. The van der Waals surface area contributed by atoms with E-state index < -0.39 is 5.38 Å². The Bertz CT molecular complexity index is 189. The first-order valence-electron chi connectivity index (χ1n) is 5.19. The van der Waals surface area contributed by atoms with Crippen LogP contribution >= 0.6 is 11.6 Å². The van der Waals surface area contributed by atoms with Crippen molar-refractivity contribution in [3.8, 4) is 0 Å². The molecule has 14 heavy (non-hydrogen) atoms. The summed E-state index contributed by atoms with van der Waals surface area (Å²) in [5.41, 5.74) is 0. The molecule has 0 aromatic heterocycles. The lowest BCUT2D eigenvalue weighted by Gasteiger charge is -2.32. The van der Waals surface area contributed by atoms with Gasteiger partial charge in [-0.1, -0.05) is 0 Å². The van der Waals surface area contributed by atoms with Gasteiger partial charge >= 0.3 is 0 Å². The normalized spacial score (nSPS) is 20.9. The minimum Gasteiger partial charge on any atom is -0.378 e. The zero-order valence-corrected chi connectivity index (χ0v) is 9.59. The molecule has 1 atom stereocenters. The largest absolute Gasteiger partial charge is 0.378 e. The Kier molecular flexibility index (Phi) is 4.69. The van der Waals surface area contributed by atoms with Crippen molar-refractivity contribution < 1.29 is 9.53 Å². The van der Waals surface area contributed by atoms with Crippen molar-refractivity contribution in [1.29, 1.82) is 0 Å². The van der Waals surface area contributed by atoms with Crippen LogP contribution in [0.2, 0.25) is 0 Å². The van der Waals surface area contributed by atoms with Gasteiger partial charge in [0, 0.05) is 19.7 Å². The highest BCUT2D eigenvalue weighted by Gasteiger charge is 2.24. The summed E-state index contributed by atoms with van der Waals surface area (Å²) in [5.74, 6) is 0.0432. The highest BCUT2D eigenvalue weighted by Crippen LogP contribution is 2.15. The van der Waals surface area contributed by atoms with Gasteiger partial charge in [-0.05, 0) is 26.7 Å². The van der Waals surface area contributed by atoms with Gasteiger partial charge in [-0.2, -0.15) is 0 Å². The van der Waals surface area contributed by atoms with E-state index in [9.17, 15) is 4.79 Å². The highest BCUT2D eigenvalue weighted by molar-refractivity contribution is 6.30. The lowest BCUT2D eigenvalue weighted by molar-refractivity contribution is -0.133. The predicted octanol–water partition coefficient (Wildman–Crippen LogP) is 1.64. The molecular formula is C10H18ClNO2. The molecule has 0 spiro atoms. The number of halogens is 1. The maximum Gasteiger partial charge on any atom is 0.240 e. The van der Waals surface area contributed by atoms with Gasteiger partial charge in [0.1, 0.15) is 5.38 Å². The number of nitrogens with zero attached hydrogens (tertiary/aromatic N) is 1. The number of hydrogen-bond donors (Lipinski definition) is 0. The Balaban J connectivity index is 2.32. The summed E-state index contributed by atoms with van der Waals surface area (Å²) in [6.07, 6.45) is 2.20. The molecule has 0 saturated carbocycles. The van der Waals surface area contributed by atoms with Crippen LogP contribution in [0, 0.1) is 0 Å². The molecule has 0 N–H and O–H groups in total. The Hall–Kier alpha value is -0.280. The molecule has 4 heteroatoms. The maximum atomic E-state index is 11.5. The van der Waals surface area contributed by atoms with Crippen LogP contribution in [0.1, 0.15) is 26.7 Å². The van der Waals surface area contributed by atoms with Crippen LogP contribution in [-0.4, -0.2) is 42.0 Å². The second-order valence-corrected chi connectivity index (χ2v) is 4.25. The first kappa shape index (κ1) is 11.8. The van der Waals surface area contributed by atoms with E-state index in [2.05, 4.69) is 0 Å². The predicted molar refractivity (Wildman–Crippen MR) is 56.5 cm³/mol. The Labute approximate surface area is 90.4 Å². The van der Waals surface area contributed by atoms with Crippen molar-refractivity contribution in [3.05, 3.63) is 0 Å². The minimum atomic E-state index is -0.404. The number of amides is 1. The molecule has 0 aromatic rings. The van der Waals surface area contributed by atoms with Crippen LogP contribution in [0.5, 0.6) is 0 Å². The number of hydrogen-bond acceptors (Lipinski definition) is 2. The first-order chi connectivity index (χ1) is 6.65. The monoisotopic (exact) mass is 219 g/mol. The van der Waals surface area contributed by atoms with Gasteiger partial charge in [-0.3, -0.25) is 4.79 Å². The quantitative estimate of drug-likeness (QED) is 0.676. The van der Waals surface area contributed by atoms with Crippen molar-refractivity contribution in [2.45, 2.75) is 38.2 Å². The van der Waals surface area contributed by atoms with Crippen molar-refractivity contribution in [2.24, 2.45) is 0 Å². The number of likely N-dealkylation sites (tertiary alicyclic amines) is 1. The lowest BCUT2D eigenvalue weighted by atomic mass is 10.1. The highest BCUT2D eigenvalue weighted by atomic mass is 35.5. The molecule has 0 unspecified atom stereocenters. The zero-order valence-electron chi connectivity index (χ0n) is 8.83. The molecule has 82 valence electrons.